The summed E-state index contributed by atoms with van der Waals surface area (Å²) in [6.07, 6.45) is 5.82. The molecule has 0 bridgehead atoms. The van der Waals surface area contributed by atoms with Gasteiger partial charge in [-0.3, -0.25) is 0 Å². The van der Waals surface area contributed by atoms with E-state index >= 15 is 0 Å². The van der Waals surface area contributed by atoms with Crippen LogP contribution in [0.25, 0.3) is 34.5 Å². The summed E-state index contributed by atoms with van der Waals surface area (Å²) in [4.78, 5) is 16.8. The van der Waals surface area contributed by atoms with Crippen molar-refractivity contribution in [1.82, 2.24) is 9.55 Å². The summed E-state index contributed by atoms with van der Waals surface area (Å²) in [6, 6.07) is 25.5. The number of aromatic hydroxyl groups is 1. The van der Waals surface area contributed by atoms with E-state index in [1.54, 1.807) is 43.5 Å². The Morgan fingerprint density at radius 3 is 2.32 bits per heavy atom. The van der Waals surface area contributed by atoms with Crippen LogP contribution in [0.4, 0.5) is 0 Å². The number of carbonyl (C=O) groups is 1. The summed E-state index contributed by atoms with van der Waals surface area (Å²) in [5.41, 5.74) is 5.73. The zero-order chi connectivity index (χ0) is 28.9. The summed E-state index contributed by atoms with van der Waals surface area (Å²) >= 11 is 12.6. The van der Waals surface area contributed by atoms with Crippen LogP contribution in [0, 0.1) is 0 Å². The fourth-order valence-electron chi connectivity index (χ4n) is 4.44. The van der Waals surface area contributed by atoms with Gasteiger partial charge in [-0.25, -0.2) is 9.78 Å². The lowest BCUT2D eigenvalue weighted by Crippen LogP contribution is -2.03. The molecule has 0 saturated carbocycles. The van der Waals surface area contributed by atoms with E-state index < -0.39 is 0 Å². The second-order valence-corrected chi connectivity index (χ2v) is 10.1. The molecule has 0 fully saturated rings. The van der Waals surface area contributed by atoms with Crippen molar-refractivity contribution in [3.8, 4) is 33.9 Å². The van der Waals surface area contributed by atoms with Gasteiger partial charge in [-0.05, 0) is 83.4 Å². The lowest BCUT2D eigenvalue weighted by Gasteiger charge is -2.09. The van der Waals surface area contributed by atoms with E-state index in [1.807, 2.05) is 71.4 Å². The first kappa shape index (κ1) is 28.0. The van der Waals surface area contributed by atoms with Gasteiger partial charge in [0.25, 0.3) is 0 Å². The van der Waals surface area contributed by atoms with E-state index in [-0.39, 0.29) is 11.7 Å². The Hall–Kier alpha value is -4.52. The number of carbonyl (C=O) groups excluding carboxylic acids is 1. The first-order valence-electron chi connectivity index (χ1n) is 12.7. The van der Waals surface area contributed by atoms with Crippen LogP contribution in [0.2, 0.25) is 10.0 Å². The molecule has 5 aromatic rings. The maximum Gasteiger partial charge on any atom is 0.337 e. The van der Waals surface area contributed by atoms with Crippen LogP contribution < -0.4 is 4.74 Å². The van der Waals surface area contributed by atoms with Crippen molar-refractivity contribution in [2.24, 2.45) is 0 Å². The number of nitrogens with zero attached hydrogens (tertiary/aromatic N) is 2. The third-order valence-corrected chi connectivity index (χ3v) is 7.13. The van der Waals surface area contributed by atoms with Gasteiger partial charge < -0.3 is 19.1 Å². The van der Waals surface area contributed by atoms with Crippen molar-refractivity contribution in [1.29, 1.82) is 0 Å². The number of benzene rings is 4. The molecule has 0 aliphatic carbocycles. The molecule has 0 spiro atoms. The van der Waals surface area contributed by atoms with Crippen LogP contribution in [0.3, 0.4) is 0 Å². The van der Waals surface area contributed by atoms with Crippen molar-refractivity contribution in [3.05, 3.63) is 124 Å². The van der Waals surface area contributed by atoms with Crippen LogP contribution >= 0.6 is 23.2 Å². The zero-order valence-corrected chi connectivity index (χ0v) is 23.9. The van der Waals surface area contributed by atoms with Crippen molar-refractivity contribution in [2.75, 3.05) is 14.2 Å². The molecule has 1 heterocycles. The lowest BCUT2D eigenvalue weighted by atomic mass is 10.0. The molecule has 5 rings (SSSR count). The predicted octanol–water partition coefficient (Wildman–Crippen LogP) is 8.24. The minimum atomic E-state index is -0.383. The van der Waals surface area contributed by atoms with Gasteiger partial charge in [0.1, 0.15) is 17.3 Å². The molecule has 1 aromatic heterocycles. The average molecular weight is 585 g/mol. The average Bonchev–Trinajstić information content (AvgIpc) is 3.38. The first-order chi connectivity index (χ1) is 19.8. The highest BCUT2D eigenvalue weighted by Gasteiger charge is 2.13. The zero-order valence-electron chi connectivity index (χ0n) is 22.3. The molecule has 1 N–H and O–H groups in total. The van der Waals surface area contributed by atoms with E-state index in [0.717, 1.165) is 27.8 Å². The number of phenols is 1. The smallest absolute Gasteiger partial charge is 0.337 e. The number of hydrogen-bond acceptors (Lipinski definition) is 5. The van der Waals surface area contributed by atoms with Crippen LogP contribution in [0.15, 0.2) is 91.1 Å². The number of aromatic nitrogens is 2. The fraction of sp³-hybridized carbons (Fsp3) is 0.0909. The summed E-state index contributed by atoms with van der Waals surface area (Å²) in [6.45, 7) is 0.504. The number of ether oxygens (including phenoxy) is 2. The number of phenolic OH excluding ortho intramolecular Hbond substituents is 1. The highest BCUT2D eigenvalue weighted by atomic mass is 35.5. The van der Waals surface area contributed by atoms with Crippen LogP contribution in [0.5, 0.6) is 11.5 Å². The molecule has 206 valence electrons. The van der Waals surface area contributed by atoms with Crippen molar-refractivity contribution < 1.29 is 19.4 Å². The molecule has 0 aliphatic rings. The van der Waals surface area contributed by atoms with Crippen LogP contribution in [-0.2, 0) is 11.3 Å². The van der Waals surface area contributed by atoms with E-state index in [0.29, 0.717) is 39.4 Å². The normalized spacial score (nSPS) is 11.1. The summed E-state index contributed by atoms with van der Waals surface area (Å²) < 4.78 is 12.5. The first-order valence-corrected chi connectivity index (χ1v) is 13.5. The Bertz CT molecular complexity index is 1730. The second-order valence-electron chi connectivity index (χ2n) is 9.26. The molecule has 4 aromatic carbocycles. The van der Waals surface area contributed by atoms with Crippen molar-refractivity contribution in [2.45, 2.75) is 6.54 Å². The van der Waals surface area contributed by atoms with Gasteiger partial charge in [0.2, 0.25) is 0 Å². The maximum atomic E-state index is 11.9. The fourth-order valence-corrected chi connectivity index (χ4v) is 4.95. The molecule has 6 nitrogen and oxygen atoms in total. The molecule has 0 radical (unpaired) electrons. The Morgan fingerprint density at radius 1 is 0.902 bits per heavy atom. The molecular formula is C33H26Cl2N2O4. The highest BCUT2D eigenvalue weighted by Crippen LogP contribution is 2.32. The third-order valence-electron chi connectivity index (χ3n) is 6.58. The maximum absolute atomic E-state index is 11.9. The van der Waals surface area contributed by atoms with Gasteiger partial charge in [0.15, 0.2) is 0 Å². The second kappa shape index (κ2) is 12.3. The molecule has 0 unspecified atom stereocenters. The minimum absolute atomic E-state index is 0.214. The predicted molar refractivity (Wildman–Crippen MR) is 164 cm³/mol. The Kier molecular flexibility index (Phi) is 8.43. The SMILES string of the molecule is COC(=O)c1ccc(Cn2cc(-c3ccc(Cl)cc3Cl)nc2/C=C/c2cc(-c3ccc(O)cc3)ccc2OC)cc1. The number of esters is 1. The molecule has 0 saturated heterocycles. The van der Waals surface area contributed by atoms with E-state index in [4.69, 9.17) is 37.7 Å². The number of methoxy groups -OCH3 is 2. The Labute approximate surface area is 248 Å². The quantitative estimate of drug-likeness (QED) is 0.186. The number of rotatable bonds is 8. The van der Waals surface area contributed by atoms with Gasteiger partial charge in [-0.2, -0.15) is 0 Å². The van der Waals surface area contributed by atoms with Gasteiger partial charge in [0, 0.05) is 28.9 Å². The molecule has 0 aliphatic heterocycles. The van der Waals surface area contributed by atoms with E-state index in [2.05, 4.69) is 0 Å². The molecule has 8 heteroatoms. The van der Waals surface area contributed by atoms with Gasteiger partial charge in [-0.15, -0.1) is 0 Å². The molecule has 0 amide bonds. The summed E-state index contributed by atoms with van der Waals surface area (Å²) in [5, 5.41) is 10.7. The summed E-state index contributed by atoms with van der Waals surface area (Å²) in [7, 11) is 2.99. The number of hydrogen-bond donors (Lipinski definition) is 1. The standard InChI is InChI=1S/C33H26Cl2N2O4/c1-40-31-15-9-24(22-7-12-27(38)13-8-22)17-25(31)10-16-32-36-30(28-14-11-26(34)18-29(28)35)20-37(32)19-21-3-5-23(6-4-21)33(39)41-2/h3-18,20,38H,19H2,1-2H3/b16-10+. The number of imidazole rings is 1. The number of halogens is 2. The van der Waals surface area contributed by atoms with Gasteiger partial charge in [-0.1, -0.05) is 53.5 Å². The minimum Gasteiger partial charge on any atom is -0.508 e. The van der Waals surface area contributed by atoms with E-state index in [9.17, 15) is 9.90 Å². The topological polar surface area (TPSA) is 73.6 Å². The van der Waals surface area contributed by atoms with Crippen molar-refractivity contribution in [3.63, 3.8) is 0 Å². The molecular weight excluding hydrogens is 559 g/mol. The Balaban J connectivity index is 1.53. The van der Waals surface area contributed by atoms with Crippen LogP contribution in [-0.4, -0.2) is 34.8 Å². The van der Waals surface area contributed by atoms with Gasteiger partial charge >= 0.3 is 5.97 Å². The summed E-state index contributed by atoms with van der Waals surface area (Å²) in [5.74, 6) is 1.23. The van der Waals surface area contributed by atoms with E-state index in [1.165, 1.54) is 7.11 Å². The lowest BCUT2D eigenvalue weighted by molar-refractivity contribution is 0.0600. The van der Waals surface area contributed by atoms with Crippen LogP contribution in [0.1, 0.15) is 27.3 Å². The molecule has 0 atom stereocenters. The third kappa shape index (κ3) is 6.46. The highest BCUT2D eigenvalue weighted by molar-refractivity contribution is 6.36. The largest absolute Gasteiger partial charge is 0.508 e. The van der Waals surface area contributed by atoms with Gasteiger partial charge in [0.05, 0.1) is 30.5 Å². The Morgan fingerprint density at radius 2 is 1.63 bits per heavy atom. The van der Waals surface area contributed by atoms with Crippen molar-refractivity contribution >= 4 is 41.3 Å². The molecule has 41 heavy (non-hydrogen) atoms. The monoisotopic (exact) mass is 584 g/mol.